The summed E-state index contributed by atoms with van der Waals surface area (Å²) in [7, 11) is 4.14. The lowest BCUT2D eigenvalue weighted by Gasteiger charge is -2.38. The van der Waals surface area contributed by atoms with E-state index in [1.165, 1.54) is 6.20 Å². The average molecular weight is 320 g/mol. The predicted octanol–water partition coefficient (Wildman–Crippen LogP) is 0.346. The highest BCUT2D eigenvalue weighted by molar-refractivity contribution is 5.93. The van der Waals surface area contributed by atoms with Crippen molar-refractivity contribution in [1.29, 1.82) is 0 Å². The Balaban J connectivity index is 1.66. The molecule has 7 nitrogen and oxygen atoms in total. The molecule has 2 saturated heterocycles. The largest absolute Gasteiger partial charge is 0.486 e. The fraction of sp³-hybridized carbons (Fsp3) is 0.625. The predicted molar refractivity (Wildman–Crippen MR) is 85.8 cm³/mol. The minimum absolute atomic E-state index is 0.329. The molecule has 0 radical (unpaired) electrons. The van der Waals surface area contributed by atoms with Gasteiger partial charge in [-0.15, -0.1) is 0 Å². The Labute approximate surface area is 136 Å². The number of amides is 1. The van der Waals surface area contributed by atoms with Crippen molar-refractivity contribution in [2.24, 2.45) is 5.73 Å². The minimum atomic E-state index is -0.520. The van der Waals surface area contributed by atoms with Crippen molar-refractivity contribution in [2.75, 3.05) is 40.4 Å². The van der Waals surface area contributed by atoms with Gasteiger partial charge < -0.3 is 15.2 Å². The molecule has 0 unspecified atom stereocenters. The Kier molecular flexibility index (Phi) is 4.68. The number of nitrogens with two attached hydrogens (primary N) is 1. The maximum absolute atomic E-state index is 11.4. The van der Waals surface area contributed by atoms with E-state index in [4.69, 9.17) is 15.2 Å². The number of aromatic nitrogens is 1. The lowest BCUT2D eigenvalue weighted by molar-refractivity contribution is 0.0645. The molecule has 0 aliphatic carbocycles. The summed E-state index contributed by atoms with van der Waals surface area (Å²) in [4.78, 5) is 20.0. The Morgan fingerprint density at radius 1 is 1.22 bits per heavy atom. The molecule has 2 aliphatic heterocycles. The number of nitrogens with zero attached hydrogens (tertiary/aromatic N) is 3. The molecule has 1 aromatic heterocycles. The second kappa shape index (κ2) is 6.72. The fourth-order valence-electron chi connectivity index (χ4n) is 2.70. The van der Waals surface area contributed by atoms with E-state index >= 15 is 0 Å². The van der Waals surface area contributed by atoms with Crippen LogP contribution in [0.25, 0.3) is 0 Å². The molecule has 7 heteroatoms. The monoisotopic (exact) mass is 320 g/mol. The summed E-state index contributed by atoms with van der Waals surface area (Å²) < 4.78 is 11.7. The summed E-state index contributed by atoms with van der Waals surface area (Å²) in [5, 5.41) is 0. The first-order valence-electron chi connectivity index (χ1n) is 8.00. The quantitative estimate of drug-likeness (QED) is 0.780. The van der Waals surface area contributed by atoms with E-state index in [9.17, 15) is 4.79 Å². The molecule has 1 amide bonds. The van der Waals surface area contributed by atoms with Crippen molar-refractivity contribution in [1.82, 2.24) is 14.8 Å². The van der Waals surface area contributed by atoms with Gasteiger partial charge in [-0.3, -0.25) is 14.6 Å². The molecular formula is C16H24N4O3. The molecule has 2 atom stereocenters. The van der Waals surface area contributed by atoms with Crippen LogP contribution in [0.4, 0.5) is 0 Å². The molecule has 0 spiro atoms. The standard InChI is InChI=1S/C16H24N4O3/c1-19-5-3-12(19)9-22-14-7-11(15(17)21)8-18-16(14)23-10-13-4-6-20(13)2/h7-8,12-13H,3-6,9-10H2,1-2H3,(H2,17,21)/t12-,13-/m0/s1. The van der Waals surface area contributed by atoms with Crippen LogP contribution in [-0.2, 0) is 0 Å². The van der Waals surface area contributed by atoms with E-state index in [1.807, 2.05) is 0 Å². The lowest BCUT2D eigenvalue weighted by Crippen LogP contribution is -2.48. The summed E-state index contributed by atoms with van der Waals surface area (Å²) >= 11 is 0. The van der Waals surface area contributed by atoms with Gasteiger partial charge in [0.2, 0.25) is 5.91 Å². The molecular weight excluding hydrogens is 296 g/mol. The van der Waals surface area contributed by atoms with Gasteiger partial charge in [0.15, 0.2) is 5.75 Å². The SMILES string of the molecule is CN1CC[C@H]1COc1cc(C(N)=O)cnc1OC[C@@H]1CCN1C. The zero-order valence-electron chi connectivity index (χ0n) is 13.7. The number of hydrogen-bond donors (Lipinski definition) is 1. The number of hydrogen-bond acceptors (Lipinski definition) is 6. The van der Waals surface area contributed by atoms with Crippen molar-refractivity contribution in [3.8, 4) is 11.6 Å². The van der Waals surface area contributed by atoms with Crippen LogP contribution < -0.4 is 15.2 Å². The number of primary amides is 1. The van der Waals surface area contributed by atoms with Crippen molar-refractivity contribution in [3.05, 3.63) is 17.8 Å². The van der Waals surface area contributed by atoms with E-state index in [2.05, 4.69) is 28.9 Å². The van der Waals surface area contributed by atoms with Crippen LogP contribution in [0.3, 0.4) is 0 Å². The molecule has 0 saturated carbocycles. The lowest BCUT2D eigenvalue weighted by atomic mass is 10.1. The van der Waals surface area contributed by atoms with E-state index in [0.717, 1.165) is 25.9 Å². The van der Waals surface area contributed by atoms with Crippen LogP contribution in [0.15, 0.2) is 12.3 Å². The van der Waals surface area contributed by atoms with Crippen LogP contribution in [0.2, 0.25) is 0 Å². The second-order valence-corrected chi connectivity index (χ2v) is 6.36. The number of rotatable bonds is 7. The van der Waals surface area contributed by atoms with E-state index < -0.39 is 5.91 Å². The molecule has 2 fully saturated rings. The first kappa shape index (κ1) is 16.0. The summed E-state index contributed by atoms with van der Waals surface area (Å²) in [6.45, 7) is 3.31. The maximum Gasteiger partial charge on any atom is 0.257 e. The fourth-order valence-corrected chi connectivity index (χ4v) is 2.70. The molecule has 3 heterocycles. The highest BCUT2D eigenvalue weighted by Crippen LogP contribution is 2.28. The zero-order chi connectivity index (χ0) is 16.4. The number of ether oxygens (including phenoxy) is 2. The highest BCUT2D eigenvalue weighted by atomic mass is 16.5. The normalized spacial score (nSPS) is 24.6. The Morgan fingerprint density at radius 3 is 2.30 bits per heavy atom. The van der Waals surface area contributed by atoms with Gasteiger partial charge in [-0.2, -0.15) is 0 Å². The molecule has 23 heavy (non-hydrogen) atoms. The molecule has 2 aliphatic rings. The highest BCUT2D eigenvalue weighted by Gasteiger charge is 2.27. The smallest absolute Gasteiger partial charge is 0.257 e. The van der Waals surface area contributed by atoms with Crippen molar-refractivity contribution < 1.29 is 14.3 Å². The van der Waals surface area contributed by atoms with Gasteiger partial charge in [0.1, 0.15) is 13.2 Å². The van der Waals surface area contributed by atoms with Crippen LogP contribution in [0, 0.1) is 0 Å². The molecule has 0 aromatic carbocycles. The van der Waals surface area contributed by atoms with Gasteiger partial charge in [0.25, 0.3) is 5.88 Å². The Bertz CT molecular complexity index is 580. The van der Waals surface area contributed by atoms with Crippen molar-refractivity contribution in [3.63, 3.8) is 0 Å². The van der Waals surface area contributed by atoms with E-state index in [0.29, 0.717) is 42.5 Å². The van der Waals surface area contributed by atoms with Gasteiger partial charge >= 0.3 is 0 Å². The first-order chi connectivity index (χ1) is 11.0. The topological polar surface area (TPSA) is 80.9 Å². The second-order valence-electron chi connectivity index (χ2n) is 6.36. The molecule has 126 valence electrons. The average Bonchev–Trinajstić information content (AvgIpc) is 2.53. The number of likely N-dealkylation sites (tertiary alicyclic amines) is 2. The van der Waals surface area contributed by atoms with Gasteiger partial charge in [-0.05, 0) is 40.0 Å². The van der Waals surface area contributed by atoms with E-state index in [-0.39, 0.29) is 0 Å². The van der Waals surface area contributed by atoms with Crippen molar-refractivity contribution in [2.45, 2.75) is 24.9 Å². The van der Waals surface area contributed by atoms with Crippen LogP contribution in [0.1, 0.15) is 23.2 Å². The number of pyridine rings is 1. The number of carbonyl (C=O) groups is 1. The zero-order valence-corrected chi connectivity index (χ0v) is 13.7. The Hall–Kier alpha value is -1.86. The number of carbonyl (C=O) groups excluding carboxylic acids is 1. The molecule has 2 N–H and O–H groups in total. The third-order valence-corrected chi connectivity index (χ3v) is 4.82. The summed E-state index contributed by atoms with van der Waals surface area (Å²) in [6.07, 6.45) is 3.67. The summed E-state index contributed by atoms with van der Waals surface area (Å²) in [5.74, 6) is 0.397. The van der Waals surface area contributed by atoms with Crippen LogP contribution >= 0.6 is 0 Å². The van der Waals surface area contributed by atoms with Crippen LogP contribution in [0.5, 0.6) is 11.6 Å². The third kappa shape index (κ3) is 3.56. The first-order valence-corrected chi connectivity index (χ1v) is 8.00. The summed E-state index contributed by atoms with van der Waals surface area (Å²) in [6, 6.07) is 2.43. The maximum atomic E-state index is 11.4. The van der Waals surface area contributed by atoms with Gasteiger partial charge in [-0.1, -0.05) is 0 Å². The molecule has 0 bridgehead atoms. The van der Waals surface area contributed by atoms with Gasteiger partial charge in [0, 0.05) is 24.3 Å². The summed E-state index contributed by atoms with van der Waals surface area (Å²) in [5.41, 5.74) is 5.66. The number of likely N-dealkylation sites (N-methyl/N-ethyl adjacent to an activating group) is 2. The van der Waals surface area contributed by atoms with Gasteiger partial charge in [0.05, 0.1) is 5.56 Å². The van der Waals surface area contributed by atoms with Crippen molar-refractivity contribution >= 4 is 5.91 Å². The van der Waals surface area contributed by atoms with E-state index in [1.54, 1.807) is 6.07 Å². The Morgan fingerprint density at radius 2 is 1.83 bits per heavy atom. The van der Waals surface area contributed by atoms with Crippen LogP contribution in [-0.4, -0.2) is 73.2 Å². The molecule has 1 aromatic rings. The van der Waals surface area contributed by atoms with Gasteiger partial charge in [-0.25, -0.2) is 4.98 Å². The minimum Gasteiger partial charge on any atom is -0.486 e. The third-order valence-electron chi connectivity index (χ3n) is 4.82. The molecule has 3 rings (SSSR count).